The summed E-state index contributed by atoms with van der Waals surface area (Å²) in [6, 6.07) is 2.39. The number of amidine groups is 1. The molecule has 0 radical (unpaired) electrons. The number of nitrogens with two attached hydrogens (primary N) is 1. The lowest BCUT2D eigenvalue weighted by Crippen LogP contribution is -2.28. The predicted molar refractivity (Wildman–Crippen MR) is 92.3 cm³/mol. The summed E-state index contributed by atoms with van der Waals surface area (Å²) >= 11 is 0. The van der Waals surface area contributed by atoms with Crippen LogP contribution in [0.1, 0.15) is 34.6 Å². The largest absolute Gasteiger partial charge is 0.459 e. The van der Waals surface area contributed by atoms with Crippen LogP contribution in [0.4, 0.5) is 18.9 Å². The Labute approximate surface area is 153 Å². The van der Waals surface area contributed by atoms with Crippen LogP contribution in [0.3, 0.4) is 0 Å². The molecule has 1 heterocycles. The van der Waals surface area contributed by atoms with Gasteiger partial charge in [0.2, 0.25) is 0 Å². The molecule has 0 aliphatic heterocycles. The smallest absolute Gasteiger partial charge is 0.309 e. The van der Waals surface area contributed by atoms with Gasteiger partial charge in [-0.2, -0.15) is 8.78 Å². The highest BCUT2D eigenvalue weighted by Gasteiger charge is 2.36. The molecule has 3 N–H and O–H groups in total. The van der Waals surface area contributed by atoms with Crippen molar-refractivity contribution in [2.45, 2.75) is 26.7 Å². The molecule has 0 fully saturated rings. The number of alkyl halides is 2. The third-order valence-corrected chi connectivity index (χ3v) is 3.45. The van der Waals surface area contributed by atoms with Gasteiger partial charge in [0.15, 0.2) is 18.2 Å². The van der Waals surface area contributed by atoms with Crippen molar-refractivity contribution in [2.75, 3.05) is 18.5 Å². The van der Waals surface area contributed by atoms with E-state index in [0.717, 1.165) is 18.2 Å². The number of carbonyl (C=O) groups is 1. The van der Waals surface area contributed by atoms with E-state index >= 15 is 0 Å². The quantitative estimate of drug-likeness (QED) is 0.588. The van der Waals surface area contributed by atoms with Gasteiger partial charge in [-0.25, -0.2) is 14.4 Å². The zero-order valence-corrected chi connectivity index (χ0v) is 15.0. The Balaban J connectivity index is 2.21. The maximum Gasteiger partial charge on any atom is 0.309 e. The second-order valence-electron chi connectivity index (χ2n) is 5.59. The SMILES string of the molecule is CCN=C(N)OCC(F)(F)c1cc(NC(=O)c2nc(C)oc2C)ccc1F. The number of hydrogen-bond donors (Lipinski definition) is 2. The number of anilines is 1. The molecule has 0 unspecified atom stereocenters. The molecular weight excluding hydrogens is 365 g/mol. The van der Waals surface area contributed by atoms with Gasteiger partial charge >= 0.3 is 5.92 Å². The number of benzene rings is 1. The summed E-state index contributed by atoms with van der Waals surface area (Å²) in [5.41, 5.74) is 4.34. The first-order chi connectivity index (χ1) is 12.6. The molecule has 0 aliphatic carbocycles. The number of halogens is 3. The molecule has 0 aliphatic rings. The van der Waals surface area contributed by atoms with Crippen LogP contribution in [0.15, 0.2) is 27.6 Å². The molecule has 27 heavy (non-hydrogen) atoms. The van der Waals surface area contributed by atoms with Crippen LogP contribution in [0.25, 0.3) is 0 Å². The molecule has 0 saturated carbocycles. The van der Waals surface area contributed by atoms with Crippen LogP contribution in [0.2, 0.25) is 0 Å². The Hall–Kier alpha value is -3.04. The van der Waals surface area contributed by atoms with E-state index in [0.29, 0.717) is 0 Å². The van der Waals surface area contributed by atoms with E-state index in [-0.39, 0.29) is 29.6 Å². The normalized spacial score (nSPS) is 12.1. The maximum absolute atomic E-state index is 14.3. The lowest BCUT2D eigenvalue weighted by molar-refractivity contribution is -0.0538. The van der Waals surface area contributed by atoms with E-state index in [2.05, 4.69) is 20.0 Å². The summed E-state index contributed by atoms with van der Waals surface area (Å²) in [5.74, 6) is -4.95. The van der Waals surface area contributed by atoms with Crippen LogP contribution >= 0.6 is 0 Å². The summed E-state index contributed by atoms with van der Waals surface area (Å²) in [7, 11) is 0. The minimum atomic E-state index is -3.70. The summed E-state index contributed by atoms with van der Waals surface area (Å²) in [5, 5.41) is 2.39. The van der Waals surface area contributed by atoms with E-state index in [4.69, 9.17) is 10.2 Å². The zero-order chi connectivity index (χ0) is 20.2. The van der Waals surface area contributed by atoms with Crippen LogP contribution in [0.5, 0.6) is 0 Å². The average molecular weight is 384 g/mol. The van der Waals surface area contributed by atoms with Gasteiger partial charge < -0.3 is 20.2 Å². The predicted octanol–water partition coefficient (Wildman–Crippen LogP) is 3.13. The fraction of sp³-hybridized carbons (Fsp3) is 0.353. The summed E-state index contributed by atoms with van der Waals surface area (Å²) < 4.78 is 52.4. The standard InChI is InChI=1S/C17H19F3N4O3/c1-4-22-16(21)26-8-17(19,20)12-7-11(5-6-13(12)18)24-15(25)14-9(2)27-10(3)23-14/h5-7H,4,8H2,1-3H3,(H2,21,22)(H,24,25). The van der Waals surface area contributed by atoms with E-state index in [1.165, 1.54) is 0 Å². The number of oxazole rings is 1. The van der Waals surface area contributed by atoms with Gasteiger partial charge in [-0.3, -0.25) is 4.79 Å². The van der Waals surface area contributed by atoms with Gasteiger partial charge in [0.1, 0.15) is 11.6 Å². The number of carbonyl (C=O) groups excluding carboxylic acids is 1. The highest BCUT2D eigenvalue weighted by atomic mass is 19.3. The Morgan fingerprint density at radius 2 is 2.11 bits per heavy atom. The van der Waals surface area contributed by atoms with Gasteiger partial charge in [-0.1, -0.05) is 0 Å². The highest BCUT2D eigenvalue weighted by molar-refractivity contribution is 6.03. The molecule has 1 aromatic heterocycles. The number of aryl methyl sites for hydroxylation is 2. The lowest BCUT2D eigenvalue weighted by atomic mass is 10.1. The third kappa shape index (κ3) is 4.99. The van der Waals surface area contributed by atoms with Crippen molar-refractivity contribution < 1.29 is 27.1 Å². The number of amides is 1. The molecule has 0 saturated heterocycles. The summed E-state index contributed by atoms with van der Waals surface area (Å²) in [4.78, 5) is 19.7. The van der Waals surface area contributed by atoms with Crippen LogP contribution < -0.4 is 11.1 Å². The second kappa shape index (κ2) is 8.11. The lowest BCUT2D eigenvalue weighted by Gasteiger charge is -2.18. The van der Waals surface area contributed by atoms with E-state index in [1.807, 2.05) is 0 Å². The molecule has 0 atom stereocenters. The first-order valence-corrected chi connectivity index (χ1v) is 8.00. The topological polar surface area (TPSA) is 103 Å². The highest BCUT2D eigenvalue weighted by Crippen LogP contribution is 2.32. The van der Waals surface area contributed by atoms with Crippen LogP contribution in [0, 0.1) is 19.7 Å². The van der Waals surface area contributed by atoms with Crippen LogP contribution in [-0.2, 0) is 10.7 Å². The molecule has 0 bridgehead atoms. The number of rotatable bonds is 6. The number of ether oxygens (including phenoxy) is 1. The minimum absolute atomic E-state index is 0.0111. The second-order valence-corrected chi connectivity index (χ2v) is 5.59. The van der Waals surface area contributed by atoms with E-state index in [9.17, 15) is 18.0 Å². The fourth-order valence-electron chi connectivity index (χ4n) is 2.26. The third-order valence-electron chi connectivity index (χ3n) is 3.45. The van der Waals surface area contributed by atoms with Crippen molar-refractivity contribution in [3.63, 3.8) is 0 Å². The number of aliphatic imine (C=N–C) groups is 1. The monoisotopic (exact) mass is 384 g/mol. The number of nitrogens with zero attached hydrogens (tertiary/aromatic N) is 2. The molecular formula is C17H19F3N4O3. The average Bonchev–Trinajstić information content (AvgIpc) is 2.93. The Morgan fingerprint density at radius 1 is 1.41 bits per heavy atom. The Kier molecular flexibility index (Phi) is 6.09. The zero-order valence-electron chi connectivity index (χ0n) is 15.0. The van der Waals surface area contributed by atoms with Gasteiger partial charge in [-0.15, -0.1) is 0 Å². The van der Waals surface area contributed by atoms with Crippen molar-refractivity contribution in [3.05, 3.63) is 46.9 Å². The van der Waals surface area contributed by atoms with Gasteiger partial charge in [-0.05, 0) is 32.0 Å². The Bertz CT molecular complexity index is 865. The first-order valence-electron chi connectivity index (χ1n) is 8.00. The molecule has 146 valence electrons. The first kappa shape index (κ1) is 20.3. The maximum atomic E-state index is 14.3. The van der Waals surface area contributed by atoms with Crippen molar-refractivity contribution >= 4 is 17.6 Å². The number of hydrogen-bond acceptors (Lipinski definition) is 5. The summed E-state index contributed by atoms with van der Waals surface area (Å²) in [6.45, 7) is 3.82. The Morgan fingerprint density at radius 3 is 2.70 bits per heavy atom. The van der Waals surface area contributed by atoms with Gasteiger partial charge in [0.25, 0.3) is 11.9 Å². The fourth-order valence-corrected chi connectivity index (χ4v) is 2.26. The van der Waals surface area contributed by atoms with Crippen molar-refractivity contribution in [3.8, 4) is 0 Å². The van der Waals surface area contributed by atoms with Crippen molar-refractivity contribution in [1.82, 2.24) is 4.98 Å². The molecule has 1 aromatic carbocycles. The molecule has 1 amide bonds. The summed E-state index contributed by atoms with van der Waals surface area (Å²) in [6.07, 6.45) is 0. The molecule has 2 aromatic rings. The molecule has 7 nitrogen and oxygen atoms in total. The molecule has 10 heteroatoms. The minimum Gasteiger partial charge on any atom is -0.459 e. The van der Waals surface area contributed by atoms with Gasteiger partial charge in [0, 0.05) is 19.2 Å². The molecule has 0 spiro atoms. The van der Waals surface area contributed by atoms with Crippen LogP contribution in [-0.4, -0.2) is 30.1 Å². The number of aromatic nitrogens is 1. The van der Waals surface area contributed by atoms with Gasteiger partial charge in [0.05, 0.1) is 5.56 Å². The van der Waals surface area contributed by atoms with Crippen molar-refractivity contribution in [2.24, 2.45) is 10.7 Å². The van der Waals surface area contributed by atoms with Crippen molar-refractivity contribution in [1.29, 1.82) is 0 Å². The molecule has 2 rings (SSSR count). The van der Waals surface area contributed by atoms with E-state index in [1.54, 1.807) is 20.8 Å². The van der Waals surface area contributed by atoms with E-state index < -0.39 is 35.8 Å². The number of nitrogens with one attached hydrogen (secondary N) is 1.